The smallest absolute Gasteiger partial charge is 0.0816 e. The zero-order valence-corrected chi connectivity index (χ0v) is 15.0. The van der Waals surface area contributed by atoms with Gasteiger partial charge in [0.15, 0.2) is 0 Å². The lowest BCUT2D eigenvalue weighted by molar-refractivity contribution is -0.880. The lowest BCUT2D eigenvalue weighted by Crippen LogP contribution is -3.00. The van der Waals surface area contributed by atoms with Gasteiger partial charge in [-0.05, 0) is 38.1 Å². The summed E-state index contributed by atoms with van der Waals surface area (Å²) in [5.74, 6) is 3.91. The molecule has 3 heteroatoms. The maximum atomic E-state index is 2.55. The van der Waals surface area contributed by atoms with Crippen LogP contribution in [0.3, 0.4) is 0 Å². The first-order valence-electron chi connectivity index (χ1n) is 8.45. The predicted molar refractivity (Wildman–Crippen MR) is 83.1 cm³/mol. The molecule has 2 aliphatic heterocycles. The molecular weight excluding hydrogens is 268 g/mol. The molecule has 2 nitrogen and oxygen atoms in total. The second kappa shape index (κ2) is 7.47. The third-order valence-corrected chi connectivity index (χ3v) is 5.84. The number of nitrogens with zero attached hydrogens (tertiary/aromatic N) is 2. The molecular formula is C17H35ClN2. The van der Waals surface area contributed by atoms with Gasteiger partial charge in [-0.15, -0.1) is 0 Å². The van der Waals surface area contributed by atoms with Crippen LogP contribution in [-0.2, 0) is 0 Å². The Morgan fingerprint density at radius 2 is 1.35 bits per heavy atom. The minimum absolute atomic E-state index is 0. The third-order valence-electron chi connectivity index (χ3n) is 5.84. The van der Waals surface area contributed by atoms with E-state index in [4.69, 9.17) is 0 Å². The molecule has 120 valence electrons. The van der Waals surface area contributed by atoms with Crippen molar-refractivity contribution in [3.63, 3.8) is 0 Å². The summed E-state index contributed by atoms with van der Waals surface area (Å²) >= 11 is 0. The lowest BCUT2D eigenvalue weighted by atomic mass is 9.83. The van der Waals surface area contributed by atoms with E-state index in [1.807, 2.05) is 0 Å². The van der Waals surface area contributed by atoms with Gasteiger partial charge in [-0.2, -0.15) is 0 Å². The number of halogens is 1. The Balaban J connectivity index is 0.00000200. The van der Waals surface area contributed by atoms with Crippen LogP contribution in [0.25, 0.3) is 0 Å². The van der Waals surface area contributed by atoms with Gasteiger partial charge in [0.1, 0.15) is 0 Å². The van der Waals surface area contributed by atoms with E-state index >= 15 is 0 Å². The fraction of sp³-hybridized carbons (Fsp3) is 1.00. The van der Waals surface area contributed by atoms with Gasteiger partial charge in [-0.25, -0.2) is 0 Å². The van der Waals surface area contributed by atoms with Crippen molar-refractivity contribution >= 4 is 0 Å². The van der Waals surface area contributed by atoms with Crippen LogP contribution in [0.4, 0.5) is 0 Å². The predicted octanol–water partition coefficient (Wildman–Crippen LogP) is 0.0908. The van der Waals surface area contributed by atoms with E-state index < -0.39 is 0 Å². The number of likely N-dealkylation sites (tertiary alicyclic amines) is 2. The van der Waals surface area contributed by atoms with Crippen LogP contribution in [0.1, 0.15) is 39.5 Å². The summed E-state index contributed by atoms with van der Waals surface area (Å²) in [4.78, 5) is 2.55. The zero-order chi connectivity index (χ0) is 14.0. The first-order valence-corrected chi connectivity index (χ1v) is 8.45. The van der Waals surface area contributed by atoms with E-state index in [0.29, 0.717) is 0 Å². The molecule has 0 saturated carbocycles. The van der Waals surface area contributed by atoms with E-state index in [2.05, 4.69) is 39.9 Å². The van der Waals surface area contributed by atoms with Gasteiger partial charge in [0.25, 0.3) is 0 Å². The summed E-state index contributed by atoms with van der Waals surface area (Å²) in [7, 11) is 7.13. The SMILES string of the molecule is CCC1CN(C)CC1CCC1C[N+](C)(C)CC1CC.[Cl-]. The molecule has 0 radical (unpaired) electrons. The molecule has 2 fully saturated rings. The monoisotopic (exact) mass is 302 g/mol. The summed E-state index contributed by atoms with van der Waals surface area (Å²) in [6.07, 6.45) is 5.71. The molecule has 0 amide bonds. The summed E-state index contributed by atoms with van der Waals surface area (Å²) in [6, 6.07) is 0. The number of quaternary nitrogens is 1. The summed E-state index contributed by atoms with van der Waals surface area (Å²) in [5, 5.41) is 0. The molecule has 0 aromatic heterocycles. The fourth-order valence-corrected chi connectivity index (χ4v) is 4.82. The highest BCUT2D eigenvalue weighted by atomic mass is 35.5. The molecule has 0 aromatic carbocycles. The molecule has 2 saturated heterocycles. The minimum Gasteiger partial charge on any atom is -1.00 e. The average molecular weight is 303 g/mol. The minimum atomic E-state index is 0. The normalized spacial score (nSPS) is 37.0. The molecule has 4 atom stereocenters. The standard InChI is InChI=1S/C17H35N2.ClH/c1-6-14-10-18(3)11-16(14)8-9-17-13-19(4,5)12-15(17)7-2;/h14-17H,6-13H2,1-5H3;1H/q+1;/p-1. The van der Waals surface area contributed by atoms with Crippen molar-refractivity contribution in [2.45, 2.75) is 39.5 Å². The summed E-state index contributed by atoms with van der Waals surface area (Å²) in [6.45, 7) is 10.3. The van der Waals surface area contributed by atoms with Crippen molar-refractivity contribution in [3.8, 4) is 0 Å². The first kappa shape index (κ1) is 18.3. The van der Waals surface area contributed by atoms with Gasteiger partial charge in [-0.1, -0.05) is 20.3 Å². The third kappa shape index (κ3) is 4.35. The van der Waals surface area contributed by atoms with Crippen LogP contribution < -0.4 is 12.4 Å². The molecule has 20 heavy (non-hydrogen) atoms. The van der Waals surface area contributed by atoms with Crippen LogP contribution in [-0.4, -0.2) is 56.7 Å². The van der Waals surface area contributed by atoms with Crippen LogP contribution in [0.15, 0.2) is 0 Å². The Kier molecular flexibility index (Phi) is 6.82. The Hall–Kier alpha value is 0.210. The van der Waals surface area contributed by atoms with Gasteiger partial charge in [0.2, 0.25) is 0 Å². The van der Waals surface area contributed by atoms with Crippen LogP contribution in [0.2, 0.25) is 0 Å². The van der Waals surface area contributed by atoms with E-state index in [1.165, 1.54) is 56.3 Å². The maximum Gasteiger partial charge on any atom is 0.0816 e. The van der Waals surface area contributed by atoms with Crippen LogP contribution >= 0.6 is 0 Å². The maximum absolute atomic E-state index is 2.55. The Morgan fingerprint density at radius 3 is 1.95 bits per heavy atom. The van der Waals surface area contributed by atoms with Gasteiger partial charge >= 0.3 is 0 Å². The summed E-state index contributed by atoms with van der Waals surface area (Å²) < 4.78 is 1.25. The lowest BCUT2D eigenvalue weighted by Gasteiger charge is -2.24. The largest absolute Gasteiger partial charge is 1.00 e. The Labute approximate surface area is 132 Å². The number of rotatable bonds is 5. The molecule has 0 N–H and O–H groups in total. The van der Waals surface area contributed by atoms with Crippen molar-refractivity contribution in [3.05, 3.63) is 0 Å². The van der Waals surface area contributed by atoms with Gasteiger partial charge in [0.05, 0.1) is 27.2 Å². The molecule has 0 spiro atoms. The van der Waals surface area contributed by atoms with Gasteiger partial charge < -0.3 is 21.8 Å². The van der Waals surface area contributed by atoms with Crippen LogP contribution in [0, 0.1) is 23.7 Å². The molecule has 2 heterocycles. The Bertz CT molecular complexity index is 293. The van der Waals surface area contributed by atoms with Crippen molar-refractivity contribution in [2.75, 3.05) is 47.3 Å². The van der Waals surface area contributed by atoms with Crippen molar-refractivity contribution in [1.82, 2.24) is 4.90 Å². The molecule has 4 unspecified atom stereocenters. The average Bonchev–Trinajstić information content (AvgIpc) is 2.85. The highest BCUT2D eigenvalue weighted by molar-refractivity contribution is 4.83. The highest BCUT2D eigenvalue weighted by Gasteiger charge is 2.39. The second-order valence-electron chi connectivity index (χ2n) is 7.96. The second-order valence-corrected chi connectivity index (χ2v) is 7.96. The van der Waals surface area contributed by atoms with E-state index in [9.17, 15) is 0 Å². The van der Waals surface area contributed by atoms with Gasteiger partial charge in [0, 0.05) is 24.9 Å². The molecule has 0 bridgehead atoms. The molecule has 2 aliphatic rings. The molecule has 2 rings (SSSR count). The van der Waals surface area contributed by atoms with E-state index in [0.717, 1.165) is 23.7 Å². The van der Waals surface area contributed by atoms with Crippen molar-refractivity contribution in [2.24, 2.45) is 23.7 Å². The number of hydrogen-bond donors (Lipinski definition) is 0. The van der Waals surface area contributed by atoms with Crippen LogP contribution in [0.5, 0.6) is 0 Å². The Morgan fingerprint density at radius 1 is 0.850 bits per heavy atom. The topological polar surface area (TPSA) is 3.24 Å². The van der Waals surface area contributed by atoms with Crippen molar-refractivity contribution in [1.29, 1.82) is 0 Å². The van der Waals surface area contributed by atoms with Gasteiger partial charge in [-0.3, -0.25) is 0 Å². The molecule has 0 aromatic rings. The zero-order valence-electron chi connectivity index (χ0n) is 14.2. The van der Waals surface area contributed by atoms with E-state index in [-0.39, 0.29) is 12.4 Å². The van der Waals surface area contributed by atoms with E-state index in [1.54, 1.807) is 0 Å². The fourth-order valence-electron chi connectivity index (χ4n) is 4.82. The summed E-state index contributed by atoms with van der Waals surface area (Å²) in [5.41, 5.74) is 0. The molecule has 0 aliphatic carbocycles. The first-order chi connectivity index (χ1) is 8.95. The number of hydrogen-bond acceptors (Lipinski definition) is 1. The quantitative estimate of drug-likeness (QED) is 0.651. The highest BCUT2D eigenvalue weighted by Crippen LogP contribution is 2.36. The van der Waals surface area contributed by atoms with Crippen molar-refractivity contribution < 1.29 is 16.9 Å².